The van der Waals surface area contributed by atoms with E-state index in [0.717, 1.165) is 8.61 Å². The number of hydrogen-bond acceptors (Lipinski definition) is 5. The van der Waals surface area contributed by atoms with Gasteiger partial charge in [0.15, 0.2) is 0 Å². The van der Waals surface area contributed by atoms with Crippen molar-refractivity contribution in [1.82, 2.24) is 8.61 Å². The zero-order valence-electron chi connectivity index (χ0n) is 18.2. The van der Waals surface area contributed by atoms with Crippen molar-refractivity contribution in [2.45, 2.75) is 15.8 Å². The van der Waals surface area contributed by atoms with Crippen LogP contribution in [-0.4, -0.2) is 57.0 Å². The smallest absolute Gasteiger partial charge is 0.244 e. The Morgan fingerprint density at radius 1 is 0.771 bits per heavy atom. The lowest BCUT2D eigenvalue weighted by molar-refractivity contribution is -0.120. The Hall–Kier alpha value is -2.47. The standard InChI is InChI=1S/C23H21Cl2N3O5S2/c24-19-12-7-13-20(22(19)25)26-23(29)21-16-27(34(30,31)17-8-3-1-4-9-17)14-15-28(21)35(32,33)18-10-5-2-6-11-18/h1-13,21H,14-16H2,(H,26,29)/t21-/m1/s1. The van der Waals surface area contributed by atoms with Crippen molar-refractivity contribution >= 4 is 54.8 Å². The lowest BCUT2D eigenvalue weighted by atomic mass is 10.2. The van der Waals surface area contributed by atoms with Crippen LogP contribution in [0.15, 0.2) is 88.7 Å². The molecule has 0 bridgehead atoms. The summed E-state index contributed by atoms with van der Waals surface area (Å²) in [6.45, 7) is -0.719. The highest BCUT2D eigenvalue weighted by Gasteiger charge is 2.43. The number of sulfonamides is 2. The van der Waals surface area contributed by atoms with E-state index < -0.39 is 32.0 Å². The molecule has 1 amide bonds. The molecule has 0 spiro atoms. The normalized spacial score (nSPS) is 17.7. The first-order valence-electron chi connectivity index (χ1n) is 10.5. The molecule has 3 aromatic rings. The predicted molar refractivity (Wildman–Crippen MR) is 134 cm³/mol. The number of carbonyl (C=O) groups excluding carboxylic acids is 1. The molecule has 0 unspecified atom stereocenters. The van der Waals surface area contributed by atoms with Crippen molar-refractivity contribution < 1.29 is 21.6 Å². The lowest BCUT2D eigenvalue weighted by Crippen LogP contribution is -2.60. The first-order chi connectivity index (χ1) is 16.6. The fourth-order valence-electron chi connectivity index (χ4n) is 3.75. The van der Waals surface area contributed by atoms with Crippen LogP contribution in [0, 0.1) is 0 Å². The summed E-state index contributed by atoms with van der Waals surface area (Å²) in [6, 6.07) is 18.7. The first kappa shape index (κ1) is 25.6. The van der Waals surface area contributed by atoms with Crippen LogP contribution in [0.5, 0.6) is 0 Å². The number of benzene rings is 3. The number of nitrogens with zero attached hydrogens (tertiary/aromatic N) is 2. The lowest BCUT2D eigenvalue weighted by Gasteiger charge is -2.39. The second-order valence-corrected chi connectivity index (χ2v) is 12.3. The van der Waals surface area contributed by atoms with Crippen molar-refractivity contribution in [2.24, 2.45) is 0 Å². The van der Waals surface area contributed by atoms with E-state index in [1.54, 1.807) is 48.5 Å². The molecule has 1 fully saturated rings. The van der Waals surface area contributed by atoms with E-state index in [1.807, 2.05) is 0 Å². The molecule has 0 aliphatic carbocycles. The number of carbonyl (C=O) groups is 1. The maximum absolute atomic E-state index is 13.4. The summed E-state index contributed by atoms with van der Waals surface area (Å²) in [5, 5.41) is 2.89. The number of halogens is 2. The van der Waals surface area contributed by atoms with Crippen LogP contribution < -0.4 is 5.32 Å². The van der Waals surface area contributed by atoms with Crippen LogP contribution in [0.2, 0.25) is 10.0 Å². The van der Waals surface area contributed by atoms with Gasteiger partial charge >= 0.3 is 0 Å². The molecule has 1 aliphatic rings. The summed E-state index contributed by atoms with van der Waals surface area (Å²) < 4.78 is 55.5. The van der Waals surface area contributed by atoms with E-state index in [9.17, 15) is 21.6 Å². The minimum atomic E-state index is -4.11. The number of anilines is 1. The Kier molecular flexibility index (Phi) is 7.51. The fourth-order valence-corrected chi connectivity index (χ4v) is 7.14. The van der Waals surface area contributed by atoms with Gasteiger partial charge in [0, 0.05) is 19.6 Å². The van der Waals surface area contributed by atoms with Gasteiger partial charge in [0.05, 0.1) is 25.5 Å². The van der Waals surface area contributed by atoms with Gasteiger partial charge in [-0.25, -0.2) is 16.8 Å². The zero-order chi connectivity index (χ0) is 25.2. The second kappa shape index (κ2) is 10.3. The topological polar surface area (TPSA) is 104 Å². The van der Waals surface area contributed by atoms with Crippen LogP contribution in [0.4, 0.5) is 5.69 Å². The van der Waals surface area contributed by atoms with Gasteiger partial charge in [-0.1, -0.05) is 65.7 Å². The van der Waals surface area contributed by atoms with Gasteiger partial charge in [-0.3, -0.25) is 4.79 Å². The predicted octanol–water partition coefficient (Wildman–Crippen LogP) is 3.70. The molecule has 1 N–H and O–H groups in total. The van der Waals surface area contributed by atoms with Gasteiger partial charge in [-0.2, -0.15) is 8.61 Å². The van der Waals surface area contributed by atoms with Crippen molar-refractivity contribution in [3.8, 4) is 0 Å². The summed E-state index contributed by atoms with van der Waals surface area (Å²) in [7, 11) is -8.07. The van der Waals surface area contributed by atoms with E-state index in [-0.39, 0.29) is 45.2 Å². The molecule has 12 heteroatoms. The third-order valence-electron chi connectivity index (χ3n) is 5.54. The summed E-state index contributed by atoms with van der Waals surface area (Å²) in [5.74, 6) is -0.735. The van der Waals surface area contributed by atoms with Crippen LogP contribution in [-0.2, 0) is 24.8 Å². The molecular weight excluding hydrogens is 533 g/mol. The highest BCUT2D eigenvalue weighted by molar-refractivity contribution is 7.89. The monoisotopic (exact) mass is 553 g/mol. The van der Waals surface area contributed by atoms with Gasteiger partial charge in [-0.05, 0) is 36.4 Å². The zero-order valence-corrected chi connectivity index (χ0v) is 21.4. The maximum atomic E-state index is 13.4. The molecule has 3 aromatic carbocycles. The average Bonchev–Trinajstić information content (AvgIpc) is 2.87. The third-order valence-corrected chi connectivity index (χ3v) is 10.2. The summed E-state index contributed by atoms with van der Waals surface area (Å²) in [4.78, 5) is 13.4. The van der Waals surface area contributed by atoms with Gasteiger partial charge in [0.2, 0.25) is 26.0 Å². The number of piperazine rings is 1. The minimum Gasteiger partial charge on any atom is -0.323 e. The average molecular weight is 554 g/mol. The molecule has 1 aliphatic heterocycles. The van der Waals surface area contributed by atoms with Crippen molar-refractivity contribution in [2.75, 3.05) is 25.0 Å². The number of hydrogen-bond donors (Lipinski definition) is 1. The van der Waals surface area contributed by atoms with Crippen LogP contribution in [0.25, 0.3) is 0 Å². The molecule has 184 valence electrons. The molecule has 35 heavy (non-hydrogen) atoms. The van der Waals surface area contributed by atoms with Gasteiger partial charge in [-0.15, -0.1) is 0 Å². The Labute approximate surface area is 214 Å². The SMILES string of the molecule is O=C(Nc1cccc(Cl)c1Cl)[C@H]1CN(S(=O)(=O)c2ccccc2)CCN1S(=O)(=O)c1ccccc1. The van der Waals surface area contributed by atoms with E-state index in [1.165, 1.54) is 30.3 Å². The van der Waals surface area contributed by atoms with E-state index in [4.69, 9.17) is 23.2 Å². The minimum absolute atomic E-state index is 0.00189. The van der Waals surface area contributed by atoms with Crippen molar-refractivity contribution in [3.05, 3.63) is 88.9 Å². The van der Waals surface area contributed by atoms with Crippen LogP contribution in [0.3, 0.4) is 0 Å². The first-order valence-corrected chi connectivity index (χ1v) is 14.1. The van der Waals surface area contributed by atoms with Crippen LogP contribution in [0.1, 0.15) is 0 Å². The van der Waals surface area contributed by atoms with Gasteiger partial charge < -0.3 is 5.32 Å². The number of rotatable bonds is 6. The quantitative estimate of drug-likeness (QED) is 0.501. The molecule has 0 aromatic heterocycles. The molecule has 0 saturated carbocycles. The van der Waals surface area contributed by atoms with E-state index in [2.05, 4.69) is 5.32 Å². The summed E-state index contributed by atoms with van der Waals surface area (Å²) in [5.41, 5.74) is 0.185. The summed E-state index contributed by atoms with van der Waals surface area (Å²) in [6.07, 6.45) is 0. The maximum Gasteiger partial charge on any atom is 0.244 e. The molecule has 1 saturated heterocycles. The van der Waals surface area contributed by atoms with E-state index >= 15 is 0 Å². The largest absolute Gasteiger partial charge is 0.323 e. The number of nitrogens with one attached hydrogen (secondary N) is 1. The Balaban J connectivity index is 1.71. The third kappa shape index (κ3) is 5.23. The highest BCUT2D eigenvalue weighted by atomic mass is 35.5. The van der Waals surface area contributed by atoms with Crippen LogP contribution >= 0.6 is 23.2 Å². The Bertz CT molecular complexity index is 1440. The van der Waals surface area contributed by atoms with Gasteiger partial charge in [0.1, 0.15) is 6.04 Å². The number of amides is 1. The molecule has 4 rings (SSSR count). The Morgan fingerprint density at radius 2 is 1.34 bits per heavy atom. The fraction of sp³-hybridized carbons (Fsp3) is 0.174. The molecule has 8 nitrogen and oxygen atoms in total. The van der Waals surface area contributed by atoms with Gasteiger partial charge in [0.25, 0.3) is 0 Å². The molecular formula is C23H21Cl2N3O5S2. The summed E-state index contributed by atoms with van der Waals surface area (Å²) >= 11 is 12.2. The molecule has 0 radical (unpaired) electrons. The molecule has 1 heterocycles. The highest BCUT2D eigenvalue weighted by Crippen LogP contribution is 2.31. The molecule has 1 atom stereocenters. The second-order valence-electron chi connectivity index (χ2n) is 7.71. The Morgan fingerprint density at radius 3 is 1.94 bits per heavy atom. The van der Waals surface area contributed by atoms with Crippen molar-refractivity contribution in [3.63, 3.8) is 0 Å². The van der Waals surface area contributed by atoms with Crippen molar-refractivity contribution in [1.29, 1.82) is 0 Å². The van der Waals surface area contributed by atoms with E-state index in [0.29, 0.717) is 0 Å².